The highest BCUT2D eigenvalue weighted by atomic mass is 79.9. The lowest BCUT2D eigenvalue weighted by atomic mass is 10.5. The SMILES string of the molecule is O=S(=O)(Cl)c1cc(O)cnc1Br. The number of rotatable bonds is 1. The van der Waals surface area contributed by atoms with Gasteiger partial charge in [0.25, 0.3) is 9.05 Å². The Balaban J connectivity index is 3.43. The molecule has 0 radical (unpaired) electrons. The van der Waals surface area contributed by atoms with Gasteiger partial charge in [0.15, 0.2) is 0 Å². The molecule has 0 saturated heterocycles. The Labute approximate surface area is 81.7 Å². The molecule has 1 rings (SSSR count). The van der Waals surface area contributed by atoms with Crippen molar-refractivity contribution in [2.75, 3.05) is 0 Å². The summed E-state index contributed by atoms with van der Waals surface area (Å²) in [6.07, 6.45) is 1.11. The fraction of sp³-hybridized carbons (Fsp3) is 0. The second-order valence-electron chi connectivity index (χ2n) is 1.92. The van der Waals surface area contributed by atoms with Crippen molar-refractivity contribution >= 4 is 35.7 Å². The molecule has 0 unspecified atom stereocenters. The van der Waals surface area contributed by atoms with E-state index in [0.717, 1.165) is 12.3 Å². The molecule has 1 aromatic rings. The molecular weight excluding hydrogens is 269 g/mol. The highest BCUT2D eigenvalue weighted by molar-refractivity contribution is 9.10. The predicted octanol–water partition coefficient (Wildman–Crippen LogP) is 1.48. The van der Waals surface area contributed by atoms with Gasteiger partial charge in [-0.1, -0.05) is 0 Å². The molecule has 0 aliphatic carbocycles. The molecule has 4 nitrogen and oxygen atoms in total. The maximum absolute atomic E-state index is 10.8. The summed E-state index contributed by atoms with van der Waals surface area (Å²) in [6.45, 7) is 0. The van der Waals surface area contributed by atoms with Gasteiger partial charge in [-0.25, -0.2) is 13.4 Å². The molecule has 66 valence electrons. The summed E-state index contributed by atoms with van der Waals surface area (Å²) in [5, 5.41) is 8.89. The van der Waals surface area contributed by atoms with Crippen LogP contribution in [0.5, 0.6) is 5.75 Å². The zero-order valence-electron chi connectivity index (χ0n) is 5.53. The zero-order valence-corrected chi connectivity index (χ0v) is 8.69. The van der Waals surface area contributed by atoms with Crippen LogP contribution >= 0.6 is 26.6 Å². The molecule has 0 atom stereocenters. The van der Waals surface area contributed by atoms with Crippen LogP contribution in [-0.4, -0.2) is 18.5 Å². The molecule has 0 bridgehead atoms. The lowest BCUT2D eigenvalue weighted by molar-refractivity contribution is 0.470. The van der Waals surface area contributed by atoms with E-state index in [1.807, 2.05) is 0 Å². The first-order chi connectivity index (χ1) is 5.41. The van der Waals surface area contributed by atoms with E-state index in [9.17, 15) is 8.42 Å². The van der Waals surface area contributed by atoms with Crippen LogP contribution < -0.4 is 0 Å². The first-order valence-corrected chi connectivity index (χ1v) is 5.80. The minimum absolute atomic E-state index is 0.0790. The normalized spacial score (nSPS) is 11.5. The van der Waals surface area contributed by atoms with E-state index in [0.29, 0.717) is 0 Å². The van der Waals surface area contributed by atoms with Crippen molar-refractivity contribution in [2.45, 2.75) is 4.90 Å². The molecule has 12 heavy (non-hydrogen) atoms. The largest absolute Gasteiger partial charge is 0.506 e. The predicted molar refractivity (Wildman–Crippen MR) is 46.6 cm³/mol. The molecule has 1 aromatic heterocycles. The van der Waals surface area contributed by atoms with E-state index < -0.39 is 9.05 Å². The van der Waals surface area contributed by atoms with Crippen molar-refractivity contribution in [2.24, 2.45) is 0 Å². The Morgan fingerprint density at radius 2 is 2.17 bits per heavy atom. The fourth-order valence-electron chi connectivity index (χ4n) is 0.589. The van der Waals surface area contributed by atoms with Crippen LogP contribution in [0, 0.1) is 0 Å². The summed E-state index contributed by atoms with van der Waals surface area (Å²) < 4.78 is 21.7. The summed E-state index contributed by atoms with van der Waals surface area (Å²) in [7, 11) is 1.17. The molecule has 0 saturated carbocycles. The third-order valence-corrected chi connectivity index (χ3v) is 3.28. The summed E-state index contributed by atoms with van der Waals surface area (Å²) in [5.41, 5.74) is 0. The lowest BCUT2D eigenvalue weighted by Gasteiger charge is -1.98. The topological polar surface area (TPSA) is 67.3 Å². The molecule has 0 amide bonds. The van der Waals surface area contributed by atoms with E-state index in [2.05, 4.69) is 20.9 Å². The van der Waals surface area contributed by atoms with Crippen LogP contribution in [0.15, 0.2) is 21.8 Å². The molecule has 0 aliphatic heterocycles. The number of pyridine rings is 1. The van der Waals surface area contributed by atoms with E-state index in [4.69, 9.17) is 15.8 Å². The van der Waals surface area contributed by atoms with Crippen LogP contribution in [0.1, 0.15) is 0 Å². The minimum Gasteiger partial charge on any atom is -0.506 e. The number of nitrogens with zero attached hydrogens (tertiary/aromatic N) is 1. The van der Waals surface area contributed by atoms with Gasteiger partial charge in [0.1, 0.15) is 15.2 Å². The van der Waals surface area contributed by atoms with Crippen LogP contribution in [0.4, 0.5) is 0 Å². The Kier molecular flexibility index (Phi) is 2.60. The van der Waals surface area contributed by atoms with Crippen LogP contribution in [0.2, 0.25) is 0 Å². The summed E-state index contributed by atoms with van der Waals surface area (Å²) in [4.78, 5) is 3.30. The van der Waals surface area contributed by atoms with Gasteiger partial charge in [0.2, 0.25) is 0 Å². The van der Waals surface area contributed by atoms with Crippen molar-refractivity contribution in [1.29, 1.82) is 0 Å². The molecule has 7 heteroatoms. The number of hydrogen-bond donors (Lipinski definition) is 1. The molecule has 0 aromatic carbocycles. The smallest absolute Gasteiger partial charge is 0.264 e. The first-order valence-electron chi connectivity index (χ1n) is 2.70. The number of aromatic nitrogens is 1. The Bertz CT molecular complexity index is 405. The second kappa shape index (κ2) is 3.20. The van der Waals surface area contributed by atoms with Crippen LogP contribution in [0.3, 0.4) is 0 Å². The standard InChI is InChI=1S/C5H3BrClNO3S/c6-5-4(12(7,10)11)1-3(9)2-8-5/h1-2,9H. The number of hydrogen-bond acceptors (Lipinski definition) is 4. The van der Waals surface area contributed by atoms with E-state index in [1.165, 1.54) is 0 Å². The molecule has 1 heterocycles. The summed E-state index contributed by atoms with van der Waals surface area (Å²) >= 11 is 2.88. The fourth-order valence-corrected chi connectivity index (χ4v) is 2.59. The van der Waals surface area contributed by atoms with Gasteiger partial charge in [-0.2, -0.15) is 0 Å². The molecule has 1 N–H and O–H groups in total. The average Bonchev–Trinajstić information content (AvgIpc) is 1.92. The van der Waals surface area contributed by atoms with E-state index in [-0.39, 0.29) is 15.2 Å². The van der Waals surface area contributed by atoms with E-state index >= 15 is 0 Å². The van der Waals surface area contributed by atoms with Crippen molar-refractivity contribution in [1.82, 2.24) is 4.98 Å². The molecule has 0 spiro atoms. The van der Waals surface area contributed by atoms with Crippen molar-refractivity contribution < 1.29 is 13.5 Å². The highest BCUT2D eigenvalue weighted by Gasteiger charge is 2.15. The van der Waals surface area contributed by atoms with E-state index in [1.54, 1.807) is 0 Å². The van der Waals surface area contributed by atoms with Gasteiger partial charge in [-0.3, -0.25) is 0 Å². The van der Waals surface area contributed by atoms with Crippen molar-refractivity contribution in [3.05, 3.63) is 16.9 Å². The van der Waals surface area contributed by atoms with Gasteiger partial charge in [-0.05, 0) is 15.9 Å². The number of aromatic hydroxyl groups is 1. The maximum atomic E-state index is 10.8. The van der Waals surface area contributed by atoms with Gasteiger partial charge >= 0.3 is 0 Å². The van der Waals surface area contributed by atoms with Gasteiger partial charge in [-0.15, -0.1) is 0 Å². The maximum Gasteiger partial charge on any atom is 0.264 e. The minimum atomic E-state index is -3.85. The van der Waals surface area contributed by atoms with Crippen LogP contribution in [-0.2, 0) is 9.05 Å². The van der Waals surface area contributed by atoms with Gasteiger partial charge in [0.05, 0.1) is 6.20 Å². The molecular formula is C5H3BrClNO3S. The second-order valence-corrected chi connectivity index (χ2v) is 5.21. The molecule has 0 aliphatic rings. The monoisotopic (exact) mass is 271 g/mol. The quantitative estimate of drug-likeness (QED) is 0.621. The van der Waals surface area contributed by atoms with Gasteiger partial charge in [0, 0.05) is 16.7 Å². The van der Waals surface area contributed by atoms with Gasteiger partial charge < -0.3 is 5.11 Å². The molecule has 0 fully saturated rings. The van der Waals surface area contributed by atoms with Crippen LogP contribution in [0.25, 0.3) is 0 Å². The lowest BCUT2D eigenvalue weighted by Crippen LogP contribution is -1.93. The third kappa shape index (κ3) is 2.09. The average molecular weight is 273 g/mol. The summed E-state index contributed by atoms with van der Waals surface area (Å²) in [5.74, 6) is -0.252. The van der Waals surface area contributed by atoms with Crippen molar-refractivity contribution in [3.63, 3.8) is 0 Å². The zero-order chi connectivity index (χ0) is 9.35. The third-order valence-electron chi connectivity index (χ3n) is 1.06. The Morgan fingerprint density at radius 1 is 1.58 bits per heavy atom. The number of halogens is 2. The Hall–Kier alpha value is -0.330. The van der Waals surface area contributed by atoms with Crippen molar-refractivity contribution in [3.8, 4) is 5.75 Å². The first kappa shape index (κ1) is 9.76. The highest BCUT2D eigenvalue weighted by Crippen LogP contribution is 2.25. The Morgan fingerprint density at radius 3 is 2.58 bits per heavy atom. The summed E-state index contributed by atoms with van der Waals surface area (Å²) in [6, 6.07) is 1.01.